The molecule has 0 aliphatic carbocycles. The van der Waals surface area contributed by atoms with Crippen molar-refractivity contribution < 1.29 is 28.4 Å². The highest BCUT2D eigenvalue weighted by molar-refractivity contribution is 7.46. The van der Waals surface area contributed by atoms with Crippen LogP contribution in [0.2, 0.25) is 0 Å². The molecule has 0 heterocycles. The van der Waals surface area contributed by atoms with E-state index >= 15 is 0 Å². The zero-order valence-electron chi connectivity index (χ0n) is 7.78. The quantitative estimate of drug-likeness (QED) is 0.593. The molecule has 1 aromatic rings. The van der Waals surface area contributed by atoms with Crippen LogP contribution in [0, 0.1) is 0 Å². The van der Waals surface area contributed by atoms with Crippen LogP contribution in [0.1, 0.15) is 10.4 Å². The summed E-state index contributed by atoms with van der Waals surface area (Å²) in [7, 11) is -3.24. The molecule has 1 rings (SSSR count). The summed E-state index contributed by atoms with van der Waals surface area (Å²) < 4.78 is 19.7. The summed E-state index contributed by atoms with van der Waals surface area (Å²) in [6.45, 7) is 0. The number of aldehydes is 1. The molecule has 0 atom stereocenters. The van der Waals surface area contributed by atoms with Crippen LogP contribution in [0.25, 0.3) is 0 Å². The van der Waals surface area contributed by atoms with Gasteiger partial charge in [0.25, 0.3) is 0 Å². The van der Waals surface area contributed by atoms with Gasteiger partial charge in [0.05, 0.1) is 12.7 Å². The zero-order chi connectivity index (χ0) is 11.5. The topological polar surface area (TPSA) is 93.1 Å². The Morgan fingerprint density at radius 1 is 1.40 bits per heavy atom. The third kappa shape index (κ3) is 3.36. The van der Waals surface area contributed by atoms with Crippen LogP contribution in [-0.2, 0) is 4.57 Å². The second-order valence-corrected chi connectivity index (χ2v) is 3.77. The summed E-state index contributed by atoms with van der Waals surface area (Å²) in [5.74, 6) is 0.217. The Morgan fingerprint density at radius 3 is 2.53 bits per heavy atom. The molecule has 6 nitrogen and oxygen atoms in total. The largest absolute Gasteiger partial charge is 0.524 e. The molecule has 0 aliphatic rings. The minimum Gasteiger partial charge on any atom is -0.497 e. The van der Waals surface area contributed by atoms with Crippen LogP contribution in [-0.4, -0.2) is 23.2 Å². The molecule has 82 valence electrons. The van der Waals surface area contributed by atoms with Crippen LogP contribution in [0.5, 0.6) is 11.5 Å². The summed E-state index contributed by atoms with van der Waals surface area (Å²) in [4.78, 5) is 27.7. The lowest BCUT2D eigenvalue weighted by Crippen LogP contribution is -1.95. The van der Waals surface area contributed by atoms with Gasteiger partial charge in [0.1, 0.15) is 11.5 Å². The van der Waals surface area contributed by atoms with E-state index in [1.54, 1.807) is 0 Å². The van der Waals surface area contributed by atoms with Crippen molar-refractivity contribution in [1.29, 1.82) is 0 Å². The molecule has 1 aromatic carbocycles. The molecular weight excluding hydrogens is 223 g/mol. The fourth-order valence-electron chi connectivity index (χ4n) is 0.957. The van der Waals surface area contributed by atoms with Crippen LogP contribution in [0.3, 0.4) is 0 Å². The van der Waals surface area contributed by atoms with E-state index < -0.39 is 7.82 Å². The fourth-order valence-corrected chi connectivity index (χ4v) is 1.38. The van der Waals surface area contributed by atoms with Gasteiger partial charge in [-0.05, 0) is 18.2 Å². The predicted molar refractivity (Wildman–Crippen MR) is 51.1 cm³/mol. The van der Waals surface area contributed by atoms with Crippen molar-refractivity contribution in [1.82, 2.24) is 0 Å². The Hall–Kier alpha value is -1.36. The van der Waals surface area contributed by atoms with E-state index in [4.69, 9.17) is 14.5 Å². The normalized spacial score (nSPS) is 10.9. The number of carbonyl (C=O) groups is 1. The van der Waals surface area contributed by atoms with Gasteiger partial charge in [0.15, 0.2) is 6.29 Å². The number of phosphoric ester groups is 1. The van der Waals surface area contributed by atoms with E-state index in [9.17, 15) is 9.36 Å². The Bertz CT molecular complexity index is 410. The van der Waals surface area contributed by atoms with Gasteiger partial charge in [0.2, 0.25) is 0 Å². The number of ether oxygens (including phenoxy) is 1. The fraction of sp³-hybridized carbons (Fsp3) is 0.125. The summed E-state index contributed by atoms with van der Waals surface area (Å²) in [5.41, 5.74) is 0.0117. The van der Waals surface area contributed by atoms with Crippen molar-refractivity contribution >= 4 is 14.1 Å². The lowest BCUT2D eigenvalue weighted by molar-refractivity contribution is 0.112. The van der Waals surface area contributed by atoms with Crippen molar-refractivity contribution in [2.24, 2.45) is 0 Å². The molecule has 0 radical (unpaired) electrons. The molecule has 0 fully saturated rings. The minimum absolute atomic E-state index is 0.0117. The maximum atomic E-state index is 10.6. The second kappa shape index (κ2) is 4.44. The van der Waals surface area contributed by atoms with E-state index in [0.717, 1.165) is 0 Å². The van der Waals surface area contributed by atoms with Crippen LogP contribution in [0.15, 0.2) is 18.2 Å². The standard InChI is InChI=1S/C8H9O6P/c1-13-7-2-3-8(6(4-7)5-9)14-15(10,11)12/h2-5H,1H3,(H2,10,11,12). The molecule has 0 spiro atoms. The van der Waals surface area contributed by atoms with Crippen molar-refractivity contribution in [3.05, 3.63) is 23.8 Å². The van der Waals surface area contributed by atoms with Gasteiger partial charge >= 0.3 is 7.82 Å². The molecule has 0 amide bonds. The Kier molecular flexibility index (Phi) is 3.47. The molecule has 0 saturated heterocycles. The number of benzene rings is 1. The van der Waals surface area contributed by atoms with Gasteiger partial charge < -0.3 is 9.26 Å². The second-order valence-electron chi connectivity index (χ2n) is 2.60. The first-order valence-electron chi connectivity index (χ1n) is 3.84. The third-order valence-electron chi connectivity index (χ3n) is 1.56. The zero-order valence-corrected chi connectivity index (χ0v) is 8.68. The molecule has 0 saturated carbocycles. The van der Waals surface area contributed by atoms with Gasteiger partial charge in [0, 0.05) is 0 Å². The molecular formula is C8H9O6P. The van der Waals surface area contributed by atoms with Gasteiger partial charge in [-0.2, -0.15) is 0 Å². The Balaban J connectivity index is 3.08. The average Bonchev–Trinajstić information content (AvgIpc) is 2.16. The van der Waals surface area contributed by atoms with Crippen molar-refractivity contribution in [2.45, 2.75) is 0 Å². The molecule has 7 heteroatoms. The highest BCUT2D eigenvalue weighted by Crippen LogP contribution is 2.39. The molecule has 0 aliphatic heterocycles. The number of phosphoric acid groups is 1. The highest BCUT2D eigenvalue weighted by atomic mass is 31.2. The predicted octanol–water partition coefficient (Wildman–Crippen LogP) is 0.979. The van der Waals surface area contributed by atoms with Gasteiger partial charge in [-0.3, -0.25) is 14.6 Å². The SMILES string of the molecule is COc1ccc(OP(=O)(O)O)c(C=O)c1. The first kappa shape index (κ1) is 11.7. The van der Waals surface area contributed by atoms with E-state index in [0.29, 0.717) is 12.0 Å². The lowest BCUT2D eigenvalue weighted by atomic mass is 10.2. The summed E-state index contributed by atoms with van der Waals surface area (Å²) in [5, 5.41) is 0. The van der Waals surface area contributed by atoms with E-state index in [2.05, 4.69) is 4.52 Å². The number of methoxy groups -OCH3 is 1. The Morgan fingerprint density at radius 2 is 2.07 bits per heavy atom. The third-order valence-corrected chi connectivity index (χ3v) is 2.00. The average molecular weight is 232 g/mol. The molecule has 15 heavy (non-hydrogen) atoms. The van der Waals surface area contributed by atoms with Crippen LogP contribution >= 0.6 is 7.82 Å². The van der Waals surface area contributed by atoms with Crippen molar-refractivity contribution in [3.8, 4) is 11.5 Å². The maximum absolute atomic E-state index is 10.6. The van der Waals surface area contributed by atoms with Crippen molar-refractivity contribution in [2.75, 3.05) is 7.11 Å². The first-order chi connectivity index (χ1) is 6.96. The van der Waals surface area contributed by atoms with Gasteiger partial charge in [-0.25, -0.2) is 4.57 Å². The van der Waals surface area contributed by atoms with E-state index in [-0.39, 0.29) is 11.3 Å². The Labute approximate surface area is 85.7 Å². The van der Waals surface area contributed by atoms with E-state index in [1.165, 1.54) is 25.3 Å². The minimum atomic E-state index is -4.65. The molecule has 0 bridgehead atoms. The van der Waals surface area contributed by atoms with Crippen molar-refractivity contribution in [3.63, 3.8) is 0 Å². The smallest absolute Gasteiger partial charge is 0.497 e. The maximum Gasteiger partial charge on any atom is 0.524 e. The number of rotatable bonds is 4. The molecule has 0 aromatic heterocycles. The van der Waals surface area contributed by atoms with Gasteiger partial charge in [-0.1, -0.05) is 0 Å². The number of hydrogen-bond donors (Lipinski definition) is 2. The lowest BCUT2D eigenvalue weighted by Gasteiger charge is -2.09. The molecule has 2 N–H and O–H groups in total. The van der Waals surface area contributed by atoms with Crippen LogP contribution in [0.4, 0.5) is 0 Å². The highest BCUT2D eigenvalue weighted by Gasteiger charge is 2.18. The summed E-state index contributed by atoms with van der Waals surface area (Å²) in [6.07, 6.45) is 0.424. The first-order valence-corrected chi connectivity index (χ1v) is 5.37. The number of hydrogen-bond acceptors (Lipinski definition) is 4. The number of carbonyl (C=O) groups excluding carboxylic acids is 1. The van der Waals surface area contributed by atoms with Crippen LogP contribution < -0.4 is 9.26 Å². The van der Waals surface area contributed by atoms with Gasteiger partial charge in [-0.15, -0.1) is 0 Å². The van der Waals surface area contributed by atoms with E-state index in [1.807, 2.05) is 0 Å². The molecule has 0 unspecified atom stereocenters. The summed E-state index contributed by atoms with van der Waals surface area (Å²) in [6, 6.07) is 4.00. The monoisotopic (exact) mass is 232 g/mol. The summed E-state index contributed by atoms with van der Waals surface area (Å²) >= 11 is 0.